The first-order valence-electron chi connectivity index (χ1n) is 12.6. The Labute approximate surface area is 213 Å². The van der Waals surface area contributed by atoms with Gasteiger partial charge in [0.1, 0.15) is 5.60 Å². The summed E-state index contributed by atoms with van der Waals surface area (Å²) < 4.78 is 5.38. The van der Waals surface area contributed by atoms with E-state index in [1.165, 1.54) is 5.69 Å². The van der Waals surface area contributed by atoms with Crippen molar-refractivity contribution in [1.29, 1.82) is 0 Å². The molecule has 1 atom stereocenters. The van der Waals surface area contributed by atoms with Gasteiger partial charge in [-0.2, -0.15) is 0 Å². The highest BCUT2D eigenvalue weighted by Crippen LogP contribution is 2.19. The summed E-state index contributed by atoms with van der Waals surface area (Å²) in [6, 6.07) is 18.2. The zero-order valence-electron chi connectivity index (χ0n) is 21.4. The molecule has 1 aliphatic heterocycles. The molecule has 0 saturated carbocycles. The van der Waals surface area contributed by atoms with Gasteiger partial charge in [-0.1, -0.05) is 36.4 Å². The van der Waals surface area contributed by atoms with E-state index in [0.29, 0.717) is 13.0 Å². The number of benzene rings is 2. The molecule has 192 valence electrons. The number of hydrogen-bond donors (Lipinski definition) is 3. The minimum Gasteiger partial charge on any atom is -0.444 e. The van der Waals surface area contributed by atoms with Crippen LogP contribution in [-0.2, 0) is 16.0 Å². The van der Waals surface area contributed by atoms with Crippen molar-refractivity contribution in [3.05, 3.63) is 66.4 Å². The summed E-state index contributed by atoms with van der Waals surface area (Å²) in [7, 11) is 0. The molecule has 3 N–H and O–H groups in total. The van der Waals surface area contributed by atoms with Gasteiger partial charge in [-0.3, -0.25) is 9.69 Å². The number of carbonyl (C=O) groups is 2. The van der Waals surface area contributed by atoms with Crippen molar-refractivity contribution in [2.24, 2.45) is 0 Å². The minimum absolute atomic E-state index is 0.0426. The summed E-state index contributed by atoms with van der Waals surface area (Å²) in [4.78, 5) is 33.1. The third-order valence-electron chi connectivity index (χ3n) is 6.26. The molecule has 0 spiro atoms. The number of fused-ring (bicyclic) bond motifs is 1. The minimum atomic E-state index is -0.582. The van der Waals surface area contributed by atoms with Gasteiger partial charge >= 0.3 is 6.09 Å². The van der Waals surface area contributed by atoms with Crippen LogP contribution in [0.15, 0.2) is 60.8 Å². The number of carbonyl (C=O) groups excluding carboxylic acids is 2. The maximum atomic E-state index is 13.0. The Kier molecular flexibility index (Phi) is 8.15. The second kappa shape index (κ2) is 11.5. The van der Waals surface area contributed by atoms with Gasteiger partial charge < -0.3 is 25.3 Å². The quantitative estimate of drug-likeness (QED) is 0.449. The Balaban J connectivity index is 1.34. The van der Waals surface area contributed by atoms with Gasteiger partial charge in [0.05, 0.1) is 12.6 Å². The zero-order valence-corrected chi connectivity index (χ0v) is 21.4. The Bertz CT molecular complexity index is 1150. The van der Waals surface area contributed by atoms with Crippen LogP contribution in [0.2, 0.25) is 0 Å². The van der Waals surface area contributed by atoms with Crippen LogP contribution in [0.5, 0.6) is 0 Å². The first kappa shape index (κ1) is 25.6. The van der Waals surface area contributed by atoms with Crippen molar-refractivity contribution in [3.63, 3.8) is 0 Å². The molecular formula is C28H37N5O3. The molecule has 0 aliphatic carbocycles. The fourth-order valence-electron chi connectivity index (χ4n) is 4.54. The fourth-order valence-corrected chi connectivity index (χ4v) is 4.54. The third-order valence-corrected chi connectivity index (χ3v) is 6.26. The summed E-state index contributed by atoms with van der Waals surface area (Å²) in [6.07, 6.45) is 2.07. The average molecular weight is 492 g/mol. The summed E-state index contributed by atoms with van der Waals surface area (Å²) in [5.74, 6) is -0.0426. The summed E-state index contributed by atoms with van der Waals surface area (Å²) >= 11 is 0. The predicted octanol–water partition coefficient (Wildman–Crippen LogP) is 3.54. The molecule has 0 radical (unpaired) electrons. The lowest BCUT2D eigenvalue weighted by Gasteiger charge is -2.36. The summed E-state index contributed by atoms with van der Waals surface area (Å²) in [6.45, 7) is 9.52. The van der Waals surface area contributed by atoms with Gasteiger partial charge in [-0.05, 0) is 51.0 Å². The van der Waals surface area contributed by atoms with Crippen LogP contribution in [0.1, 0.15) is 26.3 Å². The Morgan fingerprint density at radius 1 is 1.00 bits per heavy atom. The SMILES string of the molecule is CC(C)(C)OC(=O)NCC(Cc1c[nH]c2ccccc12)NC(=O)CN1CCN(c2ccccc2)CC1. The summed E-state index contributed by atoms with van der Waals surface area (Å²) in [5, 5.41) is 7.09. The highest BCUT2D eigenvalue weighted by Gasteiger charge is 2.23. The van der Waals surface area contributed by atoms with Crippen molar-refractivity contribution in [2.45, 2.75) is 38.8 Å². The molecule has 1 aliphatic rings. The van der Waals surface area contributed by atoms with Crippen molar-refractivity contribution in [2.75, 3.05) is 44.2 Å². The maximum absolute atomic E-state index is 13.0. The van der Waals surface area contributed by atoms with Gasteiger partial charge in [0.15, 0.2) is 0 Å². The molecule has 36 heavy (non-hydrogen) atoms. The number of piperazine rings is 1. The smallest absolute Gasteiger partial charge is 0.407 e. The van der Waals surface area contributed by atoms with Crippen LogP contribution in [0.4, 0.5) is 10.5 Å². The van der Waals surface area contributed by atoms with Crippen molar-refractivity contribution in [1.82, 2.24) is 20.5 Å². The van der Waals surface area contributed by atoms with E-state index in [1.807, 2.05) is 63.4 Å². The molecule has 1 aromatic heterocycles. The van der Waals surface area contributed by atoms with E-state index < -0.39 is 11.7 Å². The normalized spacial score (nSPS) is 15.5. The molecule has 3 aromatic rings. The lowest BCUT2D eigenvalue weighted by Crippen LogP contribution is -2.52. The van der Waals surface area contributed by atoms with Crippen LogP contribution in [0, 0.1) is 0 Å². The molecule has 8 nitrogen and oxygen atoms in total. The van der Waals surface area contributed by atoms with Crippen LogP contribution < -0.4 is 15.5 Å². The molecule has 0 bridgehead atoms. The molecule has 1 fully saturated rings. The van der Waals surface area contributed by atoms with Gasteiger partial charge in [-0.15, -0.1) is 0 Å². The second-order valence-corrected chi connectivity index (χ2v) is 10.3. The maximum Gasteiger partial charge on any atom is 0.407 e. The lowest BCUT2D eigenvalue weighted by molar-refractivity contribution is -0.123. The number of amides is 2. The standard InChI is InChI=1S/C28H37N5O3/c1-28(2,3)36-27(35)30-19-22(17-21-18-29-25-12-8-7-11-24(21)25)31-26(34)20-32-13-15-33(16-14-32)23-9-5-4-6-10-23/h4-12,18,22,29H,13-17,19-20H2,1-3H3,(H,30,35)(H,31,34). The zero-order chi connectivity index (χ0) is 25.5. The number of aromatic amines is 1. The topological polar surface area (TPSA) is 89.7 Å². The van der Waals surface area contributed by atoms with E-state index in [-0.39, 0.29) is 18.5 Å². The monoisotopic (exact) mass is 491 g/mol. The number of nitrogens with one attached hydrogen (secondary N) is 3. The first-order valence-corrected chi connectivity index (χ1v) is 12.6. The number of nitrogens with zero attached hydrogens (tertiary/aromatic N) is 2. The first-order chi connectivity index (χ1) is 17.3. The van der Waals surface area contributed by atoms with Gasteiger partial charge in [0.25, 0.3) is 0 Å². The number of H-pyrrole nitrogens is 1. The number of alkyl carbamates (subject to hydrolysis) is 1. The number of para-hydroxylation sites is 2. The largest absolute Gasteiger partial charge is 0.444 e. The molecule has 2 aromatic carbocycles. The lowest BCUT2D eigenvalue weighted by atomic mass is 10.0. The molecule has 1 saturated heterocycles. The van der Waals surface area contributed by atoms with Crippen LogP contribution in [0.25, 0.3) is 10.9 Å². The van der Waals surface area contributed by atoms with Gasteiger partial charge in [-0.25, -0.2) is 4.79 Å². The van der Waals surface area contributed by atoms with E-state index in [2.05, 4.69) is 43.6 Å². The predicted molar refractivity (Wildman–Crippen MR) is 143 cm³/mol. The van der Waals surface area contributed by atoms with Crippen molar-refractivity contribution >= 4 is 28.6 Å². The van der Waals surface area contributed by atoms with Gasteiger partial charge in [0, 0.05) is 55.5 Å². The van der Waals surface area contributed by atoms with E-state index >= 15 is 0 Å². The number of hydrogen-bond acceptors (Lipinski definition) is 5. The van der Waals surface area contributed by atoms with Crippen molar-refractivity contribution < 1.29 is 14.3 Å². The molecule has 1 unspecified atom stereocenters. The van der Waals surface area contributed by atoms with E-state index in [9.17, 15) is 9.59 Å². The fraction of sp³-hybridized carbons (Fsp3) is 0.429. The molecule has 2 amide bonds. The Morgan fingerprint density at radius 2 is 1.69 bits per heavy atom. The number of ether oxygens (including phenoxy) is 1. The number of aromatic nitrogens is 1. The molecule has 4 rings (SSSR count). The van der Waals surface area contributed by atoms with Crippen LogP contribution >= 0.6 is 0 Å². The Morgan fingerprint density at radius 3 is 2.42 bits per heavy atom. The van der Waals surface area contributed by atoms with Gasteiger partial charge in [0.2, 0.25) is 5.91 Å². The highest BCUT2D eigenvalue weighted by molar-refractivity contribution is 5.83. The van der Waals surface area contributed by atoms with Crippen LogP contribution in [-0.4, -0.2) is 72.8 Å². The van der Waals surface area contributed by atoms with Crippen LogP contribution in [0.3, 0.4) is 0 Å². The van der Waals surface area contributed by atoms with E-state index in [0.717, 1.165) is 42.6 Å². The number of anilines is 1. The molecule has 8 heteroatoms. The number of rotatable bonds is 8. The van der Waals surface area contributed by atoms with Crippen molar-refractivity contribution in [3.8, 4) is 0 Å². The molecular weight excluding hydrogens is 454 g/mol. The second-order valence-electron chi connectivity index (χ2n) is 10.3. The average Bonchev–Trinajstić information content (AvgIpc) is 3.25. The summed E-state index contributed by atoms with van der Waals surface area (Å²) in [5.41, 5.74) is 2.78. The van der Waals surface area contributed by atoms with E-state index in [1.54, 1.807) is 0 Å². The Hall–Kier alpha value is -3.52. The van der Waals surface area contributed by atoms with E-state index in [4.69, 9.17) is 4.74 Å². The molecule has 2 heterocycles. The third kappa shape index (κ3) is 7.24. The highest BCUT2D eigenvalue weighted by atomic mass is 16.6.